The fourth-order valence-electron chi connectivity index (χ4n) is 2.88. The number of carboxylic acids is 1. The summed E-state index contributed by atoms with van der Waals surface area (Å²) < 4.78 is 0. The zero-order chi connectivity index (χ0) is 19.9. The molecule has 0 saturated carbocycles. The number of phenols is 1. The summed E-state index contributed by atoms with van der Waals surface area (Å²) in [6.45, 7) is 0. The standard InChI is InChI=1S/C24H18O4/c25-21(18-7-3-1-4-8-18)14-11-17-12-15-22(26)24(19-9-5-2-6-10-19)20(17)13-16-23(27)28/h1-16,26H,(H,27,28). The molecule has 0 fully saturated rings. The normalized spacial score (nSPS) is 11.1. The van der Waals surface area contributed by atoms with Crippen molar-refractivity contribution in [3.8, 4) is 16.9 Å². The maximum absolute atomic E-state index is 12.4. The molecule has 0 aliphatic carbocycles. The van der Waals surface area contributed by atoms with E-state index in [2.05, 4.69) is 0 Å². The van der Waals surface area contributed by atoms with Crippen LogP contribution in [0.15, 0.2) is 84.9 Å². The van der Waals surface area contributed by atoms with Crippen molar-refractivity contribution in [2.24, 2.45) is 0 Å². The first-order valence-electron chi connectivity index (χ1n) is 8.66. The second-order valence-corrected chi connectivity index (χ2v) is 6.06. The molecule has 2 N–H and O–H groups in total. The van der Waals surface area contributed by atoms with Crippen molar-refractivity contribution in [2.45, 2.75) is 0 Å². The van der Waals surface area contributed by atoms with Gasteiger partial charge in [-0.15, -0.1) is 0 Å². The minimum Gasteiger partial charge on any atom is -0.507 e. The van der Waals surface area contributed by atoms with Crippen molar-refractivity contribution < 1.29 is 19.8 Å². The Labute approximate surface area is 162 Å². The summed E-state index contributed by atoms with van der Waals surface area (Å²) in [6, 6.07) is 21.2. The van der Waals surface area contributed by atoms with Gasteiger partial charge in [-0.2, -0.15) is 0 Å². The van der Waals surface area contributed by atoms with Crippen LogP contribution in [0.5, 0.6) is 5.75 Å². The number of carbonyl (C=O) groups excluding carboxylic acids is 1. The smallest absolute Gasteiger partial charge is 0.328 e. The van der Waals surface area contributed by atoms with Crippen molar-refractivity contribution in [3.63, 3.8) is 0 Å². The molecular weight excluding hydrogens is 352 g/mol. The number of rotatable bonds is 6. The summed E-state index contributed by atoms with van der Waals surface area (Å²) in [5.41, 5.74) is 2.95. The number of hydrogen-bond donors (Lipinski definition) is 2. The van der Waals surface area contributed by atoms with E-state index in [0.29, 0.717) is 22.3 Å². The molecule has 0 radical (unpaired) electrons. The minimum absolute atomic E-state index is 0.0303. The highest BCUT2D eigenvalue weighted by atomic mass is 16.4. The van der Waals surface area contributed by atoms with Gasteiger partial charge in [0.05, 0.1) is 0 Å². The van der Waals surface area contributed by atoms with Crippen LogP contribution in [-0.2, 0) is 4.79 Å². The van der Waals surface area contributed by atoms with E-state index >= 15 is 0 Å². The molecule has 28 heavy (non-hydrogen) atoms. The van der Waals surface area contributed by atoms with E-state index in [1.54, 1.807) is 36.4 Å². The van der Waals surface area contributed by atoms with E-state index in [4.69, 9.17) is 5.11 Å². The van der Waals surface area contributed by atoms with Crippen molar-refractivity contribution in [2.75, 3.05) is 0 Å². The Kier molecular flexibility index (Phi) is 5.82. The average Bonchev–Trinajstić information content (AvgIpc) is 2.72. The van der Waals surface area contributed by atoms with Crippen molar-refractivity contribution in [1.29, 1.82) is 0 Å². The Balaban J connectivity index is 2.09. The molecule has 3 aromatic rings. The van der Waals surface area contributed by atoms with Gasteiger partial charge >= 0.3 is 5.97 Å². The van der Waals surface area contributed by atoms with Crippen molar-refractivity contribution in [1.82, 2.24) is 0 Å². The van der Waals surface area contributed by atoms with Crippen molar-refractivity contribution >= 4 is 23.9 Å². The predicted octanol–water partition coefficient (Wildman–Crippen LogP) is 5.05. The summed E-state index contributed by atoms with van der Waals surface area (Å²) in [4.78, 5) is 23.4. The Morgan fingerprint density at radius 1 is 0.750 bits per heavy atom. The number of aromatic hydroxyl groups is 1. The molecule has 0 aliphatic heterocycles. The van der Waals surface area contributed by atoms with Crippen LogP contribution < -0.4 is 0 Å². The minimum atomic E-state index is -1.10. The zero-order valence-electron chi connectivity index (χ0n) is 14.9. The topological polar surface area (TPSA) is 74.6 Å². The number of hydrogen-bond acceptors (Lipinski definition) is 3. The summed E-state index contributed by atoms with van der Waals surface area (Å²) in [7, 11) is 0. The number of benzene rings is 3. The van der Waals surface area contributed by atoms with Gasteiger partial charge in [0.1, 0.15) is 5.75 Å². The van der Waals surface area contributed by atoms with Crippen LogP contribution >= 0.6 is 0 Å². The maximum atomic E-state index is 12.4. The summed E-state index contributed by atoms with van der Waals surface area (Å²) in [5.74, 6) is -1.23. The third-order valence-electron chi connectivity index (χ3n) is 4.18. The average molecular weight is 370 g/mol. The van der Waals surface area contributed by atoms with Crippen LogP contribution in [0.1, 0.15) is 21.5 Å². The number of aliphatic carboxylic acids is 1. The number of carbonyl (C=O) groups is 2. The lowest BCUT2D eigenvalue weighted by Crippen LogP contribution is -1.95. The molecule has 3 rings (SSSR count). The van der Waals surface area contributed by atoms with E-state index in [-0.39, 0.29) is 11.5 Å². The van der Waals surface area contributed by atoms with E-state index in [0.717, 1.165) is 11.6 Å². The van der Waals surface area contributed by atoms with Crippen LogP contribution in [-0.4, -0.2) is 22.0 Å². The molecule has 3 aromatic carbocycles. The first-order valence-corrected chi connectivity index (χ1v) is 8.66. The van der Waals surface area contributed by atoms with Crippen LogP contribution in [0, 0.1) is 0 Å². The molecule has 4 heteroatoms. The van der Waals surface area contributed by atoms with E-state index < -0.39 is 5.97 Å². The van der Waals surface area contributed by atoms with Crippen molar-refractivity contribution in [3.05, 3.63) is 102 Å². The molecule has 138 valence electrons. The SMILES string of the molecule is O=C(O)C=Cc1c(C=CC(=O)c2ccccc2)ccc(O)c1-c1ccccc1. The fraction of sp³-hybridized carbons (Fsp3) is 0. The Hall–Kier alpha value is -3.92. The van der Waals surface area contributed by atoms with Crippen LogP contribution in [0.4, 0.5) is 0 Å². The largest absolute Gasteiger partial charge is 0.507 e. The number of phenolic OH excluding ortho intramolecular Hbond substituents is 1. The Morgan fingerprint density at radius 2 is 1.39 bits per heavy atom. The molecule has 0 bridgehead atoms. The second-order valence-electron chi connectivity index (χ2n) is 6.06. The maximum Gasteiger partial charge on any atom is 0.328 e. The molecule has 0 unspecified atom stereocenters. The number of carboxylic acid groups (broad SMARTS) is 1. The summed E-state index contributed by atoms with van der Waals surface area (Å²) in [6.07, 6.45) is 5.51. The van der Waals surface area contributed by atoms with Gasteiger partial charge in [-0.3, -0.25) is 4.79 Å². The molecular formula is C24H18O4. The molecule has 0 amide bonds. The quantitative estimate of drug-likeness (QED) is 0.470. The van der Waals surface area contributed by atoms with Gasteiger partial charge in [-0.1, -0.05) is 72.8 Å². The number of ketones is 1. The molecule has 0 spiro atoms. The lowest BCUT2D eigenvalue weighted by atomic mass is 9.93. The third-order valence-corrected chi connectivity index (χ3v) is 4.18. The van der Waals surface area contributed by atoms with Gasteiger partial charge in [-0.25, -0.2) is 4.79 Å². The fourth-order valence-corrected chi connectivity index (χ4v) is 2.88. The van der Waals surface area contributed by atoms with Gasteiger partial charge in [0.2, 0.25) is 0 Å². The molecule has 0 aliphatic rings. The highest BCUT2D eigenvalue weighted by molar-refractivity contribution is 6.07. The highest BCUT2D eigenvalue weighted by Gasteiger charge is 2.12. The molecule has 0 heterocycles. The van der Waals surface area contributed by atoms with Crippen LogP contribution in [0.3, 0.4) is 0 Å². The molecule has 0 saturated heterocycles. The first-order chi connectivity index (χ1) is 13.6. The van der Waals surface area contributed by atoms with E-state index in [1.807, 2.05) is 36.4 Å². The lowest BCUT2D eigenvalue weighted by molar-refractivity contribution is -0.131. The highest BCUT2D eigenvalue weighted by Crippen LogP contribution is 2.36. The van der Waals surface area contributed by atoms with Gasteiger partial charge in [0.25, 0.3) is 0 Å². The number of allylic oxidation sites excluding steroid dienone is 1. The lowest BCUT2D eigenvalue weighted by Gasteiger charge is -2.12. The Morgan fingerprint density at radius 3 is 2.04 bits per heavy atom. The Bertz CT molecular complexity index is 1050. The van der Waals surface area contributed by atoms with Crippen LogP contribution in [0.25, 0.3) is 23.3 Å². The molecule has 4 nitrogen and oxygen atoms in total. The second kappa shape index (κ2) is 8.64. The summed E-state index contributed by atoms with van der Waals surface area (Å²) >= 11 is 0. The van der Waals surface area contributed by atoms with E-state index in [9.17, 15) is 14.7 Å². The van der Waals surface area contributed by atoms with Gasteiger partial charge in [-0.05, 0) is 34.9 Å². The van der Waals surface area contributed by atoms with E-state index in [1.165, 1.54) is 18.2 Å². The van der Waals surface area contributed by atoms with Crippen LogP contribution in [0.2, 0.25) is 0 Å². The van der Waals surface area contributed by atoms with Gasteiger partial charge < -0.3 is 10.2 Å². The first kappa shape index (κ1) is 18.9. The molecule has 0 atom stereocenters. The summed E-state index contributed by atoms with van der Waals surface area (Å²) in [5, 5.41) is 19.5. The zero-order valence-corrected chi connectivity index (χ0v) is 14.9. The predicted molar refractivity (Wildman–Crippen MR) is 110 cm³/mol. The van der Waals surface area contributed by atoms with Gasteiger partial charge in [0, 0.05) is 17.2 Å². The monoisotopic (exact) mass is 370 g/mol. The molecule has 0 aromatic heterocycles. The third kappa shape index (κ3) is 4.43. The van der Waals surface area contributed by atoms with Gasteiger partial charge in [0.15, 0.2) is 5.78 Å².